The van der Waals surface area contributed by atoms with E-state index in [9.17, 15) is 4.79 Å². The SMILES string of the molecule is O=C(c1ccc2ncsc2c1)N1CC(c2nc(-c3ccco3)no2)C1. The van der Waals surface area contributed by atoms with E-state index in [2.05, 4.69) is 15.1 Å². The molecule has 1 aliphatic rings. The molecule has 0 spiro atoms. The quantitative estimate of drug-likeness (QED) is 0.563. The third-order valence-electron chi connectivity index (χ3n) is 4.28. The molecule has 0 aliphatic carbocycles. The van der Waals surface area contributed by atoms with Crippen LogP contribution in [0.3, 0.4) is 0 Å². The van der Waals surface area contributed by atoms with E-state index in [0.717, 1.165) is 10.2 Å². The molecule has 5 rings (SSSR count). The highest BCUT2D eigenvalue weighted by Crippen LogP contribution is 2.29. The third kappa shape index (κ3) is 2.42. The van der Waals surface area contributed by atoms with Gasteiger partial charge in [-0.05, 0) is 30.3 Å². The van der Waals surface area contributed by atoms with Crippen LogP contribution in [0.4, 0.5) is 0 Å². The molecule has 1 amide bonds. The minimum absolute atomic E-state index is 0.0114. The van der Waals surface area contributed by atoms with Gasteiger partial charge in [0.1, 0.15) is 0 Å². The van der Waals surface area contributed by atoms with Gasteiger partial charge >= 0.3 is 0 Å². The minimum atomic E-state index is 0.0114. The summed E-state index contributed by atoms with van der Waals surface area (Å²) in [6.45, 7) is 1.14. The molecule has 3 aromatic heterocycles. The summed E-state index contributed by atoms with van der Waals surface area (Å²) in [7, 11) is 0. The maximum atomic E-state index is 12.6. The van der Waals surface area contributed by atoms with E-state index >= 15 is 0 Å². The number of nitrogens with zero attached hydrogens (tertiary/aromatic N) is 4. The van der Waals surface area contributed by atoms with E-state index in [-0.39, 0.29) is 11.8 Å². The number of carbonyl (C=O) groups is 1. The van der Waals surface area contributed by atoms with Crippen molar-refractivity contribution in [2.24, 2.45) is 0 Å². The highest BCUT2D eigenvalue weighted by atomic mass is 32.1. The summed E-state index contributed by atoms with van der Waals surface area (Å²) < 4.78 is 11.6. The van der Waals surface area contributed by atoms with Gasteiger partial charge in [0.2, 0.25) is 11.7 Å². The van der Waals surface area contributed by atoms with Crippen molar-refractivity contribution in [3.05, 3.63) is 53.6 Å². The van der Waals surface area contributed by atoms with Gasteiger partial charge in [-0.3, -0.25) is 4.79 Å². The van der Waals surface area contributed by atoms with E-state index < -0.39 is 0 Å². The minimum Gasteiger partial charge on any atom is -0.461 e. The van der Waals surface area contributed by atoms with E-state index in [4.69, 9.17) is 8.94 Å². The van der Waals surface area contributed by atoms with Crippen molar-refractivity contribution in [1.82, 2.24) is 20.0 Å². The Morgan fingerprint density at radius 2 is 2.20 bits per heavy atom. The lowest BCUT2D eigenvalue weighted by molar-refractivity contribution is 0.0569. The molecule has 1 aromatic carbocycles. The van der Waals surface area contributed by atoms with Crippen molar-refractivity contribution in [1.29, 1.82) is 0 Å². The first kappa shape index (κ1) is 14.4. The molecule has 4 aromatic rings. The van der Waals surface area contributed by atoms with Crippen LogP contribution < -0.4 is 0 Å². The normalized spacial score (nSPS) is 14.8. The highest BCUT2D eigenvalue weighted by molar-refractivity contribution is 7.16. The number of furan rings is 1. The number of rotatable bonds is 3. The lowest BCUT2D eigenvalue weighted by Crippen LogP contribution is -2.48. The average molecular weight is 352 g/mol. The van der Waals surface area contributed by atoms with Crippen molar-refractivity contribution < 1.29 is 13.7 Å². The zero-order valence-electron chi connectivity index (χ0n) is 13.0. The Hall–Kier alpha value is -3.00. The first-order valence-electron chi connectivity index (χ1n) is 7.78. The van der Waals surface area contributed by atoms with E-state index in [1.54, 1.807) is 28.8 Å². The van der Waals surface area contributed by atoms with Gasteiger partial charge in [-0.1, -0.05) is 5.16 Å². The number of benzene rings is 1. The number of fused-ring (bicyclic) bond motifs is 1. The fourth-order valence-electron chi connectivity index (χ4n) is 2.88. The van der Waals surface area contributed by atoms with Gasteiger partial charge in [0.05, 0.1) is 27.9 Å². The van der Waals surface area contributed by atoms with Gasteiger partial charge in [-0.15, -0.1) is 11.3 Å². The number of thiazole rings is 1. The van der Waals surface area contributed by atoms with Gasteiger partial charge < -0.3 is 13.8 Å². The van der Waals surface area contributed by atoms with Crippen LogP contribution >= 0.6 is 11.3 Å². The number of hydrogen-bond donors (Lipinski definition) is 0. The number of amides is 1. The molecule has 0 unspecified atom stereocenters. The van der Waals surface area contributed by atoms with Crippen LogP contribution in [-0.2, 0) is 0 Å². The molecule has 124 valence electrons. The molecule has 0 radical (unpaired) electrons. The second kappa shape index (κ2) is 5.52. The summed E-state index contributed by atoms with van der Waals surface area (Å²) in [5.41, 5.74) is 3.38. The Kier molecular flexibility index (Phi) is 3.17. The lowest BCUT2D eigenvalue weighted by atomic mass is 9.98. The summed E-state index contributed by atoms with van der Waals surface area (Å²) >= 11 is 1.53. The van der Waals surface area contributed by atoms with Crippen LogP contribution in [0.25, 0.3) is 21.8 Å². The third-order valence-corrected chi connectivity index (χ3v) is 5.07. The molecule has 4 heterocycles. The van der Waals surface area contributed by atoms with Crippen LogP contribution in [0.1, 0.15) is 22.2 Å². The Labute approximate surface area is 145 Å². The van der Waals surface area contributed by atoms with Crippen molar-refractivity contribution in [3.8, 4) is 11.6 Å². The second-order valence-corrected chi connectivity index (χ2v) is 6.76. The molecular weight excluding hydrogens is 340 g/mol. The summed E-state index contributed by atoms with van der Waals surface area (Å²) in [6.07, 6.45) is 1.56. The highest BCUT2D eigenvalue weighted by Gasteiger charge is 2.36. The largest absolute Gasteiger partial charge is 0.461 e. The fourth-order valence-corrected chi connectivity index (χ4v) is 3.59. The first-order valence-corrected chi connectivity index (χ1v) is 8.66. The van der Waals surface area contributed by atoms with E-state index in [1.807, 2.05) is 18.2 Å². The summed E-state index contributed by atoms with van der Waals surface area (Å²) in [6, 6.07) is 9.14. The Balaban J connectivity index is 1.29. The maximum absolute atomic E-state index is 12.6. The van der Waals surface area contributed by atoms with Crippen molar-refractivity contribution >= 4 is 27.5 Å². The monoisotopic (exact) mass is 352 g/mol. The molecule has 0 N–H and O–H groups in total. The van der Waals surface area contributed by atoms with Gasteiger partial charge in [0.25, 0.3) is 5.91 Å². The van der Waals surface area contributed by atoms with Crippen LogP contribution in [0, 0.1) is 0 Å². The fraction of sp³-hybridized carbons (Fsp3) is 0.176. The lowest BCUT2D eigenvalue weighted by Gasteiger charge is -2.37. The van der Waals surface area contributed by atoms with Gasteiger partial charge in [-0.2, -0.15) is 4.98 Å². The smallest absolute Gasteiger partial charge is 0.253 e. The maximum Gasteiger partial charge on any atom is 0.253 e. The van der Waals surface area contributed by atoms with E-state index in [0.29, 0.717) is 36.1 Å². The average Bonchev–Trinajstić information content (AvgIpc) is 3.33. The van der Waals surface area contributed by atoms with Crippen LogP contribution in [0.5, 0.6) is 0 Å². The Morgan fingerprint density at radius 1 is 1.28 bits per heavy atom. The standard InChI is InChI=1S/C17H12N4O3S/c22-17(10-3-4-12-14(6-10)25-9-18-12)21-7-11(8-21)16-19-15(20-24-16)13-2-1-5-23-13/h1-6,9,11H,7-8H2. The number of hydrogen-bond acceptors (Lipinski definition) is 7. The van der Waals surface area contributed by atoms with Crippen LogP contribution in [0.15, 0.2) is 51.0 Å². The van der Waals surface area contributed by atoms with Gasteiger partial charge in [0.15, 0.2) is 5.76 Å². The Bertz CT molecular complexity index is 1050. The number of carbonyl (C=O) groups excluding carboxylic acids is 1. The molecule has 0 bridgehead atoms. The second-order valence-electron chi connectivity index (χ2n) is 5.88. The molecule has 1 fully saturated rings. The Morgan fingerprint density at radius 3 is 3.04 bits per heavy atom. The zero-order valence-corrected chi connectivity index (χ0v) is 13.8. The molecular formula is C17H12N4O3S. The zero-order chi connectivity index (χ0) is 16.8. The van der Waals surface area contributed by atoms with Crippen LogP contribution in [-0.4, -0.2) is 39.0 Å². The van der Waals surface area contributed by atoms with Crippen molar-refractivity contribution in [3.63, 3.8) is 0 Å². The van der Waals surface area contributed by atoms with Gasteiger partial charge in [0, 0.05) is 18.7 Å². The van der Waals surface area contributed by atoms with Crippen molar-refractivity contribution in [2.75, 3.05) is 13.1 Å². The predicted octanol–water partition coefficient (Wildman–Crippen LogP) is 3.18. The summed E-state index contributed by atoms with van der Waals surface area (Å²) in [5.74, 6) is 1.61. The molecule has 7 nitrogen and oxygen atoms in total. The number of aromatic nitrogens is 3. The molecule has 25 heavy (non-hydrogen) atoms. The first-order chi connectivity index (χ1) is 12.3. The summed E-state index contributed by atoms with van der Waals surface area (Å²) in [4.78, 5) is 23.0. The van der Waals surface area contributed by atoms with Gasteiger partial charge in [-0.25, -0.2) is 4.98 Å². The van der Waals surface area contributed by atoms with Crippen LogP contribution in [0.2, 0.25) is 0 Å². The molecule has 1 saturated heterocycles. The molecule has 0 atom stereocenters. The molecule has 0 saturated carbocycles. The van der Waals surface area contributed by atoms with E-state index in [1.165, 1.54) is 11.3 Å². The number of likely N-dealkylation sites (tertiary alicyclic amines) is 1. The molecule has 1 aliphatic heterocycles. The summed E-state index contributed by atoms with van der Waals surface area (Å²) in [5, 5.41) is 3.93. The topological polar surface area (TPSA) is 85.3 Å². The molecule has 8 heteroatoms. The predicted molar refractivity (Wildman–Crippen MR) is 90.3 cm³/mol. The van der Waals surface area contributed by atoms with Crippen molar-refractivity contribution in [2.45, 2.75) is 5.92 Å².